The van der Waals surface area contributed by atoms with E-state index in [0.717, 1.165) is 18.2 Å². The normalized spacial score (nSPS) is 12.9. The molecule has 0 saturated carbocycles. The number of aliphatic carboxylic acids is 1. The van der Waals surface area contributed by atoms with Crippen LogP contribution >= 0.6 is 11.6 Å². The Morgan fingerprint density at radius 3 is 2.62 bits per heavy atom. The highest BCUT2D eigenvalue weighted by Crippen LogP contribution is 2.26. The monoisotopic (exact) mass is 336 g/mol. The van der Waals surface area contributed by atoms with Crippen LogP contribution in [-0.4, -0.2) is 31.0 Å². The Kier molecular flexibility index (Phi) is 5.64. The Bertz CT molecular complexity index is 661. The van der Waals surface area contributed by atoms with Crippen LogP contribution in [0.3, 0.4) is 0 Å². The number of nitro benzene ring substituents is 1. The van der Waals surface area contributed by atoms with Crippen LogP contribution in [0.1, 0.15) is 13.3 Å². The lowest BCUT2D eigenvalue weighted by atomic mass is 10.1. The number of hydrogen-bond donors (Lipinski definition) is 2. The molecule has 0 bridgehead atoms. The van der Waals surface area contributed by atoms with Gasteiger partial charge in [0, 0.05) is 25.1 Å². The van der Waals surface area contributed by atoms with Gasteiger partial charge in [0.2, 0.25) is 10.0 Å². The van der Waals surface area contributed by atoms with Gasteiger partial charge < -0.3 is 5.11 Å². The highest BCUT2D eigenvalue weighted by atomic mass is 35.5. The zero-order valence-electron chi connectivity index (χ0n) is 10.9. The van der Waals surface area contributed by atoms with Gasteiger partial charge in [0.15, 0.2) is 0 Å². The lowest BCUT2D eigenvalue weighted by Crippen LogP contribution is -2.29. The summed E-state index contributed by atoms with van der Waals surface area (Å²) in [6, 6.07) is 3.00. The summed E-state index contributed by atoms with van der Waals surface area (Å²) in [6.45, 7) is 1.50. The lowest BCUT2D eigenvalue weighted by Gasteiger charge is -2.11. The van der Waals surface area contributed by atoms with Crippen LogP contribution < -0.4 is 4.72 Å². The van der Waals surface area contributed by atoms with Gasteiger partial charge in [-0.05, 0) is 12.0 Å². The van der Waals surface area contributed by atoms with E-state index in [-0.39, 0.29) is 28.6 Å². The predicted molar refractivity (Wildman–Crippen MR) is 74.7 cm³/mol. The van der Waals surface area contributed by atoms with E-state index in [4.69, 9.17) is 16.7 Å². The first-order valence-electron chi connectivity index (χ1n) is 5.79. The van der Waals surface area contributed by atoms with Gasteiger partial charge in [-0.3, -0.25) is 14.9 Å². The van der Waals surface area contributed by atoms with Crippen LogP contribution in [-0.2, 0) is 14.8 Å². The van der Waals surface area contributed by atoms with Crippen molar-refractivity contribution in [2.24, 2.45) is 5.92 Å². The van der Waals surface area contributed by atoms with Gasteiger partial charge in [-0.25, -0.2) is 13.1 Å². The molecule has 116 valence electrons. The van der Waals surface area contributed by atoms with Crippen molar-refractivity contribution >= 4 is 33.3 Å². The number of nitrogens with zero attached hydrogens (tertiary/aromatic N) is 1. The molecule has 1 rings (SSSR count). The van der Waals surface area contributed by atoms with Gasteiger partial charge in [0.05, 0.1) is 9.95 Å². The molecule has 10 heteroatoms. The topological polar surface area (TPSA) is 127 Å². The first-order chi connectivity index (χ1) is 9.63. The molecule has 0 saturated heterocycles. The van der Waals surface area contributed by atoms with Gasteiger partial charge in [0.25, 0.3) is 5.69 Å². The standard InChI is InChI=1S/C11H13ClN2O6S/c1-7(4-11(15)16)6-13-21(19,20)10-3-2-8(14(17)18)5-9(10)12/h2-3,5,7,13H,4,6H2,1H3,(H,15,16). The number of nitro groups is 1. The zero-order chi connectivity index (χ0) is 16.2. The molecule has 8 nitrogen and oxygen atoms in total. The molecule has 1 aromatic rings. The molecule has 0 aliphatic rings. The quantitative estimate of drug-likeness (QED) is 0.575. The minimum absolute atomic E-state index is 0.0814. The molecule has 0 aliphatic carbocycles. The maximum Gasteiger partial charge on any atom is 0.303 e. The lowest BCUT2D eigenvalue weighted by molar-refractivity contribution is -0.384. The highest BCUT2D eigenvalue weighted by molar-refractivity contribution is 7.89. The van der Waals surface area contributed by atoms with Crippen LogP contribution in [0.4, 0.5) is 5.69 Å². The number of nitrogens with one attached hydrogen (secondary N) is 1. The number of rotatable bonds is 7. The summed E-state index contributed by atoms with van der Waals surface area (Å²) in [5.74, 6) is -1.44. The molecule has 0 heterocycles. The SMILES string of the molecule is CC(CNS(=O)(=O)c1ccc([N+](=O)[O-])cc1Cl)CC(=O)O. The first-order valence-corrected chi connectivity index (χ1v) is 7.65. The van der Waals surface area contributed by atoms with E-state index < -0.39 is 26.8 Å². The summed E-state index contributed by atoms with van der Waals surface area (Å²) in [6.07, 6.45) is -0.184. The predicted octanol–water partition coefficient (Wildman–Crippen LogP) is 1.64. The van der Waals surface area contributed by atoms with Gasteiger partial charge in [-0.1, -0.05) is 18.5 Å². The van der Waals surface area contributed by atoms with Gasteiger partial charge >= 0.3 is 5.97 Å². The summed E-state index contributed by atoms with van der Waals surface area (Å²) in [5.41, 5.74) is -0.321. The van der Waals surface area contributed by atoms with Gasteiger partial charge in [0.1, 0.15) is 4.90 Å². The van der Waals surface area contributed by atoms with Crippen LogP contribution in [0, 0.1) is 16.0 Å². The summed E-state index contributed by atoms with van der Waals surface area (Å²) < 4.78 is 26.2. The van der Waals surface area contributed by atoms with Crippen LogP contribution in [0.15, 0.2) is 23.1 Å². The van der Waals surface area contributed by atoms with Gasteiger partial charge in [-0.2, -0.15) is 0 Å². The van der Waals surface area contributed by atoms with Gasteiger partial charge in [-0.15, -0.1) is 0 Å². The Morgan fingerprint density at radius 2 is 2.14 bits per heavy atom. The minimum atomic E-state index is -3.96. The summed E-state index contributed by atoms with van der Waals surface area (Å²) in [7, 11) is -3.96. The molecule has 2 N–H and O–H groups in total. The molecular weight excluding hydrogens is 324 g/mol. The van der Waals surface area contributed by atoms with E-state index in [2.05, 4.69) is 4.72 Å². The average molecular weight is 337 g/mol. The van der Waals surface area contributed by atoms with E-state index in [1.807, 2.05) is 0 Å². The van der Waals surface area contributed by atoms with E-state index in [0.29, 0.717) is 0 Å². The largest absolute Gasteiger partial charge is 0.481 e. The first kappa shape index (κ1) is 17.3. The smallest absolute Gasteiger partial charge is 0.303 e. The molecule has 1 unspecified atom stereocenters. The molecule has 0 fully saturated rings. The second-order valence-corrected chi connectivity index (χ2v) is 6.57. The van der Waals surface area contributed by atoms with Crippen LogP contribution in [0.5, 0.6) is 0 Å². The van der Waals surface area contributed by atoms with E-state index >= 15 is 0 Å². The van der Waals surface area contributed by atoms with Crippen molar-refractivity contribution < 1.29 is 23.2 Å². The fourth-order valence-corrected chi connectivity index (χ4v) is 3.22. The number of benzene rings is 1. The number of halogens is 1. The number of non-ortho nitro benzene ring substituents is 1. The molecule has 1 aromatic carbocycles. The number of hydrogen-bond acceptors (Lipinski definition) is 5. The van der Waals surface area contributed by atoms with E-state index in [1.165, 1.54) is 0 Å². The fourth-order valence-electron chi connectivity index (χ4n) is 1.52. The molecule has 0 spiro atoms. The molecule has 21 heavy (non-hydrogen) atoms. The Labute approximate surface area is 125 Å². The highest BCUT2D eigenvalue weighted by Gasteiger charge is 2.21. The maximum atomic E-state index is 12.0. The summed E-state index contributed by atoms with van der Waals surface area (Å²) >= 11 is 5.74. The van der Waals surface area contributed by atoms with Crippen LogP contribution in [0.25, 0.3) is 0 Å². The van der Waals surface area contributed by atoms with Crippen molar-refractivity contribution in [1.82, 2.24) is 4.72 Å². The average Bonchev–Trinajstić information content (AvgIpc) is 2.35. The number of carboxylic acids is 1. The third kappa shape index (κ3) is 4.96. The van der Waals surface area contributed by atoms with Crippen molar-refractivity contribution in [1.29, 1.82) is 0 Å². The van der Waals surface area contributed by atoms with E-state index in [9.17, 15) is 23.3 Å². The Hall–Kier alpha value is -1.71. The summed E-state index contributed by atoms with van der Waals surface area (Å²) in [4.78, 5) is 20.1. The van der Waals surface area contributed by atoms with Crippen molar-refractivity contribution in [2.75, 3.05) is 6.54 Å². The number of carboxylic acid groups (broad SMARTS) is 1. The number of carbonyl (C=O) groups is 1. The Morgan fingerprint density at radius 1 is 1.52 bits per heavy atom. The molecule has 1 atom stereocenters. The van der Waals surface area contributed by atoms with E-state index in [1.54, 1.807) is 6.92 Å². The zero-order valence-corrected chi connectivity index (χ0v) is 12.5. The number of sulfonamides is 1. The molecule has 0 radical (unpaired) electrons. The summed E-state index contributed by atoms with van der Waals surface area (Å²) in [5, 5.41) is 18.9. The van der Waals surface area contributed by atoms with Crippen molar-refractivity contribution in [3.63, 3.8) is 0 Å². The second-order valence-electron chi connectivity index (χ2n) is 4.43. The Balaban J connectivity index is 2.88. The van der Waals surface area contributed by atoms with Crippen molar-refractivity contribution in [2.45, 2.75) is 18.2 Å². The maximum absolute atomic E-state index is 12.0. The molecule has 0 aromatic heterocycles. The van der Waals surface area contributed by atoms with Crippen molar-refractivity contribution in [3.8, 4) is 0 Å². The molecule has 0 aliphatic heterocycles. The van der Waals surface area contributed by atoms with Crippen molar-refractivity contribution in [3.05, 3.63) is 33.3 Å². The third-order valence-corrected chi connectivity index (χ3v) is 4.47. The fraction of sp³-hybridized carbons (Fsp3) is 0.364. The molecule has 0 amide bonds. The van der Waals surface area contributed by atoms with Crippen LogP contribution in [0.2, 0.25) is 5.02 Å². The second kappa shape index (κ2) is 6.83. The molecular formula is C11H13ClN2O6S. The minimum Gasteiger partial charge on any atom is -0.481 e. The third-order valence-electron chi connectivity index (χ3n) is 2.56.